The highest BCUT2D eigenvalue weighted by Crippen LogP contribution is 2.39. The molecule has 0 radical (unpaired) electrons. The number of halogens is 3. The third kappa shape index (κ3) is 6.04. The first-order valence-corrected chi connectivity index (χ1v) is 13.4. The Hall–Kier alpha value is -5.25. The Bertz CT molecular complexity index is 1740. The molecular formula is C31H30F3N9. The first kappa shape index (κ1) is 30.7. The Balaban J connectivity index is 1.87. The summed E-state index contributed by atoms with van der Waals surface area (Å²) in [5.41, 5.74) is 8.61. The second-order valence-electron chi connectivity index (χ2n) is 10.7. The van der Waals surface area contributed by atoms with Gasteiger partial charge in [-0.25, -0.2) is 0 Å². The molecule has 0 fully saturated rings. The van der Waals surface area contributed by atoms with Crippen LogP contribution in [0.1, 0.15) is 61.1 Å². The molecule has 4 N–H and O–H groups in total. The van der Waals surface area contributed by atoms with Crippen LogP contribution in [0, 0.1) is 46.3 Å². The zero-order chi connectivity index (χ0) is 31.5. The Morgan fingerprint density at radius 2 is 1.79 bits per heavy atom. The van der Waals surface area contributed by atoms with Crippen LogP contribution in [0.25, 0.3) is 10.9 Å². The minimum absolute atomic E-state index is 0.0405. The molecule has 0 spiro atoms. The molecule has 43 heavy (non-hydrogen) atoms. The van der Waals surface area contributed by atoms with Gasteiger partial charge in [0, 0.05) is 35.7 Å². The van der Waals surface area contributed by atoms with Crippen LogP contribution in [0.3, 0.4) is 0 Å². The van der Waals surface area contributed by atoms with Crippen molar-refractivity contribution in [2.45, 2.75) is 46.3 Å². The largest absolute Gasteiger partial charge is 0.395 e. The van der Waals surface area contributed by atoms with Crippen LogP contribution < -0.4 is 21.6 Å². The van der Waals surface area contributed by atoms with E-state index in [2.05, 4.69) is 45.3 Å². The lowest BCUT2D eigenvalue weighted by Gasteiger charge is -2.29. The molecule has 4 rings (SSSR count). The fourth-order valence-corrected chi connectivity index (χ4v) is 4.55. The molecular weight excluding hydrogens is 555 g/mol. The maximum Gasteiger partial charge on any atom is 0.395 e. The number of hydrazine groups is 2. The molecule has 2 heterocycles. The van der Waals surface area contributed by atoms with Gasteiger partial charge in [-0.3, -0.25) is 9.99 Å². The van der Waals surface area contributed by atoms with Crippen LogP contribution in [0.2, 0.25) is 0 Å². The van der Waals surface area contributed by atoms with E-state index in [0.29, 0.717) is 28.8 Å². The third-order valence-electron chi connectivity index (χ3n) is 7.45. The topological polar surface area (TPSA) is 136 Å². The highest BCUT2D eigenvalue weighted by Gasteiger charge is 2.47. The number of nitriles is 3. The van der Waals surface area contributed by atoms with Crippen molar-refractivity contribution in [2.75, 3.05) is 17.2 Å². The summed E-state index contributed by atoms with van der Waals surface area (Å²) in [6.45, 7) is 9.48. The fourth-order valence-electron chi connectivity index (χ4n) is 4.55. The number of pyridine rings is 1. The zero-order valence-electron chi connectivity index (χ0n) is 24.1. The fraction of sp³-hybridized carbons (Fsp3) is 0.290. The van der Waals surface area contributed by atoms with Gasteiger partial charge >= 0.3 is 6.18 Å². The number of hydrogen-bond acceptors (Lipinski definition) is 9. The molecule has 9 nitrogen and oxygen atoms in total. The SMILES string of the molecule is C=C(CC)N1C=C([C@@H](Nc2cc(C#N)c3ncc(C#N)c(NCC(C)(C)C(F)(F)F)c3c2)c2cccc(C#N)c2C)NN1. The average molecular weight is 586 g/mol. The van der Waals surface area contributed by atoms with Gasteiger partial charge in [0.05, 0.1) is 51.1 Å². The molecule has 1 aliphatic rings. The number of nitrogens with zero attached hydrogens (tertiary/aromatic N) is 5. The minimum Gasteiger partial charge on any atom is -0.382 e. The summed E-state index contributed by atoms with van der Waals surface area (Å²) in [4.78, 5) is 4.29. The number of allylic oxidation sites excluding steroid dienone is 1. The minimum atomic E-state index is -4.49. The number of aromatic nitrogens is 1. The number of fused-ring (bicyclic) bond motifs is 1. The first-order valence-electron chi connectivity index (χ1n) is 13.4. The lowest BCUT2D eigenvalue weighted by Crippen LogP contribution is -2.38. The second-order valence-corrected chi connectivity index (χ2v) is 10.7. The summed E-state index contributed by atoms with van der Waals surface area (Å²) < 4.78 is 40.9. The Morgan fingerprint density at radius 3 is 2.42 bits per heavy atom. The van der Waals surface area contributed by atoms with E-state index in [1.54, 1.807) is 29.3 Å². The summed E-state index contributed by atoms with van der Waals surface area (Å²) >= 11 is 0. The van der Waals surface area contributed by atoms with E-state index >= 15 is 0 Å². The Labute approximate surface area is 247 Å². The van der Waals surface area contributed by atoms with E-state index in [9.17, 15) is 29.0 Å². The first-order chi connectivity index (χ1) is 20.3. The summed E-state index contributed by atoms with van der Waals surface area (Å²) in [6, 6.07) is 14.4. The van der Waals surface area contributed by atoms with Crippen molar-refractivity contribution < 1.29 is 13.2 Å². The number of alkyl halides is 3. The smallest absolute Gasteiger partial charge is 0.382 e. The predicted molar refractivity (Wildman–Crippen MR) is 157 cm³/mol. The van der Waals surface area contributed by atoms with Gasteiger partial charge in [-0.15, -0.1) is 5.53 Å². The van der Waals surface area contributed by atoms with Crippen molar-refractivity contribution in [3.63, 3.8) is 0 Å². The predicted octanol–water partition coefficient (Wildman–Crippen LogP) is 6.40. The molecule has 220 valence electrons. The molecule has 3 aromatic rings. The summed E-state index contributed by atoms with van der Waals surface area (Å²) in [7, 11) is 0. The van der Waals surface area contributed by atoms with Gasteiger partial charge in [-0.1, -0.05) is 25.6 Å². The third-order valence-corrected chi connectivity index (χ3v) is 7.45. The molecule has 0 aliphatic carbocycles. The van der Waals surface area contributed by atoms with Crippen molar-refractivity contribution in [3.05, 3.63) is 88.5 Å². The number of rotatable bonds is 9. The molecule has 1 aromatic heterocycles. The molecule has 0 saturated heterocycles. The lowest BCUT2D eigenvalue weighted by molar-refractivity contribution is -0.206. The van der Waals surface area contributed by atoms with E-state index in [0.717, 1.165) is 30.7 Å². The van der Waals surface area contributed by atoms with Crippen molar-refractivity contribution in [3.8, 4) is 18.2 Å². The highest BCUT2D eigenvalue weighted by atomic mass is 19.4. The Kier molecular flexibility index (Phi) is 8.52. The van der Waals surface area contributed by atoms with E-state index < -0.39 is 24.2 Å². The van der Waals surface area contributed by atoms with Gasteiger partial charge in [0.1, 0.15) is 12.1 Å². The van der Waals surface area contributed by atoms with Gasteiger partial charge in [-0.2, -0.15) is 29.0 Å². The Morgan fingerprint density at radius 1 is 1.09 bits per heavy atom. The van der Waals surface area contributed by atoms with Crippen LogP contribution >= 0.6 is 0 Å². The standard InChI is InChI=1S/C31H30F3N9/c1-6-18(2)43-16-26(41-42-43)29(24-9-7-8-20(12-35)19(24)3)40-23-10-21(13-36)27-25(11-23)28(22(14-37)15-38-27)39-17-30(4,5)31(32,33)34/h7-11,15-16,29,40-42H,2,6,17H2,1,3-5H3,(H,38,39)/t29-/m0/s1. The average Bonchev–Trinajstić information content (AvgIpc) is 3.47. The van der Waals surface area contributed by atoms with Crippen molar-refractivity contribution >= 4 is 22.3 Å². The number of benzene rings is 2. The van der Waals surface area contributed by atoms with Crippen molar-refractivity contribution in [2.24, 2.45) is 5.41 Å². The molecule has 0 unspecified atom stereocenters. The molecule has 0 saturated carbocycles. The number of nitrogens with one attached hydrogen (secondary N) is 4. The van der Waals surface area contributed by atoms with Gasteiger partial charge in [0.2, 0.25) is 0 Å². The lowest BCUT2D eigenvalue weighted by atomic mass is 9.92. The van der Waals surface area contributed by atoms with Crippen molar-refractivity contribution in [1.82, 2.24) is 21.0 Å². The van der Waals surface area contributed by atoms with Gasteiger partial charge in [-0.05, 0) is 56.5 Å². The normalized spacial score (nSPS) is 13.8. The van der Waals surface area contributed by atoms with E-state index in [4.69, 9.17) is 0 Å². The van der Waals surface area contributed by atoms with Gasteiger partial charge in [0.15, 0.2) is 0 Å². The maximum atomic E-state index is 13.6. The van der Waals surface area contributed by atoms with E-state index in [1.165, 1.54) is 6.20 Å². The van der Waals surface area contributed by atoms with Gasteiger partial charge < -0.3 is 16.1 Å². The van der Waals surface area contributed by atoms with Crippen molar-refractivity contribution in [1.29, 1.82) is 15.8 Å². The van der Waals surface area contributed by atoms with E-state index in [-0.39, 0.29) is 22.3 Å². The number of anilines is 2. The molecule has 12 heteroatoms. The van der Waals surface area contributed by atoms with Crippen LogP contribution in [-0.2, 0) is 0 Å². The molecule has 0 bridgehead atoms. The molecule has 1 atom stereocenters. The summed E-state index contributed by atoms with van der Waals surface area (Å²) in [5.74, 6) is 0. The van der Waals surface area contributed by atoms with Gasteiger partial charge in [0.25, 0.3) is 0 Å². The van der Waals surface area contributed by atoms with Crippen LogP contribution in [0.4, 0.5) is 24.5 Å². The number of hydrogen-bond donors (Lipinski definition) is 4. The van der Waals surface area contributed by atoms with E-state index in [1.807, 2.05) is 32.2 Å². The maximum absolute atomic E-state index is 13.6. The van der Waals surface area contributed by atoms with Crippen LogP contribution in [0.5, 0.6) is 0 Å². The monoisotopic (exact) mass is 585 g/mol. The molecule has 1 aliphatic heterocycles. The summed E-state index contributed by atoms with van der Waals surface area (Å²) in [5, 5.41) is 37.7. The molecule has 0 amide bonds. The van der Waals surface area contributed by atoms with Crippen LogP contribution in [-0.4, -0.2) is 22.7 Å². The zero-order valence-corrected chi connectivity index (χ0v) is 24.1. The highest BCUT2D eigenvalue weighted by molar-refractivity contribution is 5.99. The quantitative estimate of drug-likeness (QED) is 0.225. The second kappa shape index (κ2) is 11.9. The summed E-state index contributed by atoms with van der Waals surface area (Å²) in [6.07, 6.45) is -0.732. The van der Waals surface area contributed by atoms with Crippen LogP contribution in [0.15, 0.2) is 60.7 Å². The molecule has 2 aromatic carbocycles.